The van der Waals surface area contributed by atoms with Crippen LogP contribution in [0.5, 0.6) is 0 Å². The van der Waals surface area contributed by atoms with Gasteiger partial charge in [0.2, 0.25) is 0 Å². The predicted octanol–water partition coefficient (Wildman–Crippen LogP) is 2.96. The van der Waals surface area contributed by atoms with Gasteiger partial charge in [0.25, 0.3) is 0 Å². The van der Waals surface area contributed by atoms with Crippen molar-refractivity contribution in [2.24, 2.45) is 5.41 Å². The highest BCUT2D eigenvalue weighted by Crippen LogP contribution is 2.54. The van der Waals surface area contributed by atoms with E-state index in [1.807, 2.05) is 12.1 Å². The van der Waals surface area contributed by atoms with Gasteiger partial charge in [0.15, 0.2) is 0 Å². The normalized spacial score (nSPS) is 36.2. The molecule has 0 aromatic heterocycles. The fourth-order valence-corrected chi connectivity index (χ4v) is 3.79. The molecule has 2 aliphatic carbocycles. The molecule has 1 aromatic carbocycles. The van der Waals surface area contributed by atoms with Crippen LogP contribution in [0.2, 0.25) is 0 Å². The third kappa shape index (κ3) is 1.85. The summed E-state index contributed by atoms with van der Waals surface area (Å²) in [7, 11) is 0. The maximum absolute atomic E-state index is 10.6. The van der Waals surface area contributed by atoms with Gasteiger partial charge in [0.05, 0.1) is 12.2 Å². The Morgan fingerprint density at radius 1 is 1.18 bits per heavy atom. The van der Waals surface area contributed by atoms with Crippen LogP contribution >= 0.6 is 15.9 Å². The first-order chi connectivity index (χ1) is 8.11. The second kappa shape index (κ2) is 4.08. The number of aliphatic hydroxyl groups is 2. The van der Waals surface area contributed by atoms with Crippen LogP contribution in [0.1, 0.15) is 42.9 Å². The summed E-state index contributed by atoms with van der Waals surface area (Å²) >= 11 is 3.46. The Kier molecular flexibility index (Phi) is 2.80. The van der Waals surface area contributed by atoms with E-state index in [4.69, 9.17) is 0 Å². The summed E-state index contributed by atoms with van der Waals surface area (Å²) in [6.07, 6.45) is 3.95. The number of halogens is 1. The van der Waals surface area contributed by atoms with Crippen LogP contribution in [0.15, 0.2) is 22.7 Å². The van der Waals surface area contributed by atoms with E-state index in [9.17, 15) is 10.2 Å². The predicted molar refractivity (Wildman–Crippen MR) is 69.7 cm³/mol. The number of rotatable bonds is 0. The molecule has 1 aromatic rings. The molecular weight excluding hydrogens is 280 g/mol. The Morgan fingerprint density at radius 3 is 2.59 bits per heavy atom. The topological polar surface area (TPSA) is 40.5 Å². The molecule has 2 aliphatic rings. The average molecular weight is 297 g/mol. The summed E-state index contributed by atoms with van der Waals surface area (Å²) in [6.45, 7) is 0. The molecule has 0 saturated heterocycles. The number of benzene rings is 1. The number of fused-ring (bicyclic) bond motifs is 1. The Labute approximate surface area is 110 Å². The largest absolute Gasteiger partial charge is 0.393 e. The smallest absolute Gasteiger partial charge is 0.0852 e. The zero-order valence-corrected chi connectivity index (χ0v) is 11.3. The van der Waals surface area contributed by atoms with E-state index in [-0.39, 0.29) is 17.6 Å². The van der Waals surface area contributed by atoms with Gasteiger partial charge in [-0.1, -0.05) is 22.0 Å². The van der Waals surface area contributed by atoms with Crippen molar-refractivity contribution in [3.05, 3.63) is 33.8 Å². The minimum atomic E-state index is -0.359. The van der Waals surface area contributed by atoms with Gasteiger partial charge in [-0.2, -0.15) is 0 Å². The first-order valence-electron chi connectivity index (χ1n) is 6.25. The van der Waals surface area contributed by atoms with Crippen molar-refractivity contribution in [2.75, 3.05) is 0 Å². The molecule has 2 N–H and O–H groups in total. The first kappa shape index (κ1) is 11.7. The quantitative estimate of drug-likeness (QED) is 0.773. The molecule has 3 heteroatoms. The Hall–Kier alpha value is -0.380. The molecular formula is C14H17BrO2. The van der Waals surface area contributed by atoms with Crippen LogP contribution in [0, 0.1) is 5.41 Å². The summed E-state index contributed by atoms with van der Waals surface area (Å²) in [5, 5.41) is 20.2. The summed E-state index contributed by atoms with van der Waals surface area (Å²) < 4.78 is 1.03. The molecule has 1 unspecified atom stereocenters. The lowest BCUT2D eigenvalue weighted by molar-refractivity contribution is -0.0221. The van der Waals surface area contributed by atoms with Crippen molar-refractivity contribution in [3.63, 3.8) is 0 Å². The fourth-order valence-electron chi connectivity index (χ4n) is 3.41. The van der Waals surface area contributed by atoms with E-state index >= 15 is 0 Å². The summed E-state index contributed by atoms with van der Waals surface area (Å²) in [4.78, 5) is 0. The van der Waals surface area contributed by atoms with Crippen molar-refractivity contribution in [3.8, 4) is 0 Å². The zero-order chi connectivity index (χ0) is 12.0. The Morgan fingerprint density at radius 2 is 1.88 bits per heavy atom. The van der Waals surface area contributed by atoms with Crippen molar-refractivity contribution in [1.29, 1.82) is 0 Å². The van der Waals surface area contributed by atoms with E-state index in [1.165, 1.54) is 5.56 Å². The first-order valence-corrected chi connectivity index (χ1v) is 7.04. The van der Waals surface area contributed by atoms with Crippen molar-refractivity contribution >= 4 is 15.9 Å². The highest BCUT2D eigenvalue weighted by Gasteiger charge is 2.46. The van der Waals surface area contributed by atoms with Gasteiger partial charge in [0.1, 0.15) is 0 Å². The molecule has 0 bridgehead atoms. The zero-order valence-electron chi connectivity index (χ0n) is 9.69. The van der Waals surface area contributed by atoms with Crippen LogP contribution in [0.4, 0.5) is 0 Å². The Balaban J connectivity index is 1.93. The number of hydrogen-bond acceptors (Lipinski definition) is 2. The molecule has 1 saturated carbocycles. The van der Waals surface area contributed by atoms with E-state index < -0.39 is 0 Å². The molecule has 92 valence electrons. The van der Waals surface area contributed by atoms with Gasteiger partial charge in [0, 0.05) is 9.89 Å². The van der Waals surface area contributed by atoms with E-state index in [0.717, 1.165) is 42.1 Å². The highest BCUT2D eigenvalue weighted by molar-refractivity contribution is 9.10. The number of aliphatic hydroxyl groups excluding tert-OH is 2. The van der Waals surface area contributed by atoms with Crippen molar-refractivity contribution in [2.45, 2.75) is 44.3 Å². The van der Waals surface area contributed by atoms with Gasteiger partial charge in [-0.25, -0.2) is 0 Å². The molecule has 3 rings (SSSR count). The molecule has 1 fully saturated rings. The molecule has 1 spiro atoms. The fraction of sp³-hybridized carbons (Fsp3) is 0.571. The highest BCUT2D eigenvalue weighted by atomic mass is 79.9. The van der Waals surface area contributed by atoms with Crippen LogP contribution in [0.3, 0.4) is 0 Å². The van der Waals surface area contributed by atoms with E-state index in [1.54, 1.807) is 0 Å². The van der Waals surface area contributed by atoms with Crippen LogP contribution in [0.25, 0.3) is 0 Å². The summed E-state index contributed by atoms with van der Waals surface area (Å²) in [5.41, 5.74) is 2.34. The molecule has 0 radical (unpaired) electrons. The average Bonchev–Trinajstić information content (AvgIpc) is 2.58. The maximum Gasteiger partial charge on any atom is 0.0852 e. The lowest BCUT2D eigenvalue weighted by Gasteiger charge is -2.38. The Bertz CT molecular complexity index is 436. The molecule has 2 nitrogen and oxygen atoms in total. The molecule has 0 aliphatic heterocycles. The third-order valence-electron chi connectivity index (χ3n) is 4.48. The molecule has 1 atom stereocenters. The minimum absolute atomic E-state index is 0.0116. The SMILES string of the molecule is OC1CCC2(CC1)Cc1ccc(Br)cc1C2O. The van der Waals surface area contributed by atoms with E-state index in [2.05, 4.69) is 22.0 Å². The van der Waals surface area contributed by atoms with Gasteiger partial charge in [-0.15, -0.1) is 0 Å². The van der Waals surface area contributed by atoms with Crippen LogP contribution < -0.4 is 0 Å². The second-order valence-electron chi connectivity index (χ2n) is 5.52. The van der Waals surface area contributed by atoms with Gasteiger partial charge >= 0.3 is 0 Å². The van der Waals surface area contributed by atoms with Gasteiger partial charge < -0.3 is 10.2 Å². The molecule has 0 heterocycles. The minimum Gasteiger partial charge on any atom is -0.393 e. The standard InChI is InChI=1S/C14H17BrO2/c15-10-2-1-9-8-14(13(17)12(9)7-10)5-3-11(16)4-6-14/h1-2,7,11,13,16-17H,3-6,8H2. The van der Waals surface area contributed by atoms with Gasteiger partial charge in [-0.05, 0) is 55.4 Å². The van der Waals surface area contributed by atoms with Crippen LogP contribution in [-0.4, -0.2) is 16.3 Å². The summed E-state index contributed by atoms with van der Waals surface area (Å²) in [5.74, 6) is 0. The summed E-state index contributed by atoms with van der Waals surface area (Å²) in [6, 6.07) is 6.20. The monoisotopic (exact) mass is 296 g/mol. The van der Waals surface area contributed by atoms with E-state index in [0.29, 0.717) is 0 Å². The maximum atomic E-state index is 10.6. The molecule has 17 heavy (non-hydrogen) atoms. The lowest BCUT2D eigenvalue weighted by Crippen LogP contribution is -2.33. The van der Waals surface area contributed by atoms with Crippen molar-refractivity contribution < 1.29 is 10.2 Å². The third-order valence-corrected chi connectivity index (χ3v) is 4.97. The van der Waals surface area contributed by atoms with Crippen LogP contribution in [-0.2, 0) is 6.42 Å². The lowest BCUT2D eigenvalue weighted by atomic mass is 9.70. The van der Waals surface area contributed by atoms with Crippen molar-refractivity contribution in [1.82, 2.24) is 0 Å². The van der Waals surface area contributed by atoms with Gasteiger partial charge in [-0.3, -0.25) is 0 Å². The second-order valence-corrected chi connectivity index (χ2v) is 6.43. The molecule has 0 amide bonds. The number of hydrogen-bond donors (Lipinski definition) is 2.